The van der Waals surface area contributed by atoms with Crippen molar-refractivity contribution in [1.82, 2.24) is 9.62 Å². The summed E-state index contributed by atoms with van der Waals surface area (Å²) >= 11 is 0. The first-order chi connectivity index (χ1) is 10.4. The maximum absolute atomic E-state index is 12.1. The van der Waals surface area contributed by atoms with Crippen LogP contribution in [0.2, 0.25) is 0 Å². The molecule has 6 nitrogen and oxygen atoms in total. The van der Waals surface area contributed by atoms with Gasteiger partial charge in [-0.25, -0.2) is 8.42 Å². The van der Waals surface area contributed by atoms with Crippen LogP contribution in [0.25, 0.3) is 0 Å². The summed E-state index contributed by atoms with van der Waals surface area (Å²) in [6, 6.07) is 7.08. The minimum absolute atomic E-state index is 0.254. The van der Waals surface area contributed by atoms with Crippen LogP contribution in [0.1, 0.15) is 18.4 Å². The summed E-state index contributed by atoms with van der Waals surface area (Å²) in [5.41, 5.74) is 1.11. The van der Waals surface area contributed by atoms with E-state index in [1.807, 2.05) is 31.2 Å². The fourth-order valence-electron chi connectivity index (χ4n) is 2.57. The lowest BCUT2D eigenvalue weighted by Crippen LogP contribution is -2.46. The van der Waals surface area contributed by atoms with E-state index in [0.717, 1.165) is 17.6 Å². The highest BCUT2D eigenvalue weighted by molar-refractivity contribution is 7.88. The van der Waals surface area contributed by atoms with Crippen LogP contribution < -0.4 is 10.1 Å². The molecule has 0 bridgehead atoms. The lowest BCUT2D eigenvalue weighted by molar-refractivity contribution is -0.124. The summed E-state index contributed by atoms with van der Waals surface area (Å²) in [7, 11) is -3.33. The van der Waals surface area contributed by atoms with Gasteiger partial charge in [0.2, 0.25) is 15.9 Å². The van der Waals surface area contributed by atoms with Crippen molar-refractivity contribution in [2.24, 2.45) is 0 Å². The molecule has 1 heterocycles. The van der Waals surface area contributed by atoms with Crippen molar-refractivity contribution in [1.29, 1.82) is 0 Å². The van der Waals surface area contributed by atoms with Crippen LogP contribution >= 0.6 is 0 Å². The molecule has 1 fully saturated rings. The number of benzene rings is 1. The van der Waals surface area contributed by atoms with Crippen LogP contribution in [0.4, 0.5) is 0 Å². The molecule has 0 aliphatic carbocycles. The van der Waals surface area contributed by atoms with Crippen LogP contribution in [0.5, 0.6) is 5.75 Å². The third kappa shape index (κ3) is 4.45. The van der Waals surface area contributed by atoms with Crippen molar-refractivity contribution >= 4 is 15.9 Å². The first-order valence-electron chi connectivity index (χ1n) is 7.32. The molecule has 122 valence electrons. The molecule has 7 heteroatoms. The van der Waals surface area contributed by atoms with Gasteiger partial charge in [-0.3, -0.25) is 4.79 Å². The Morgan fingerprint density at radius 1 is 1.45 bits per heavy atom. The van der Waals surface area contributed by atoms with Crippen molar-refractivity contribution < 1.29 is 17.9 Å². The van der Waals surface area contributed by atoms with Gasteiger partial charge in [0, 0.05) is 6.54 Å². The zero-order valence-corrected chi connectivity index (χ0v) is 13.7. The Bertz CT molecular complexity index is 630. The average Bonchev–Trinajstić information content (AvgIpc) is 2.93. The molecule has 0 spiro atoms. The van der Waals surface area contributed by atoms with Gasteiger partial charge in [0.1, 0.15) is 18.4 Å². The lowest BCUT2D eigenvalue weighted by Gasteiger charge is -2.21. The van der Waals surface area contributed by atoms with Gasteiger partial charge < -0.3 is 10.1 Å². The van der Waals surface area contributed by atoms with E-state index < -0.39 is 16.1 Å². The Balaban J connectivity index is 1.78. The van der Waals surface area contributed by atoms with Crippen molar-refractivity contribution in [2.75, 3.05) is 26.0 Å². The number of nitrogens with one attached hydrogen (secondary N) is 1. The standard InChI is InChI=1S/C15H22N2O4S/c1-12-5-3-6-13(11-12)21-10-8-16-15(18)14-7-4-9-17(14)22(2,19)20/h3,5-6,11,14H,4,7-10H2,1-2H3,(H,16,18)/t14-/m1/s1. The van der Waals surface area contributed by atoms with E-state index in [2.05, 4.69) is 5.32 Å². The van der Waals surface area contributed by atoms with E-state index in [4.69, 9.17) is 4.74 Å². The smallest absolute Gasteiger partial charge is 0.238 e. The number of carbonyl (C=O) groups is 1. The Labute approximate surface area is 131 Å². The number of hydrogen-bond acceptors (Lipinski definition) is 4. The summed E-state index contributed by atoms with van der Waals surface area (Å²) in [5.74, 6) is 0.503. The zero-order chi connectivity index (χ0) is 16.2. The molecular formula is C15H22N2O4S. The molecule has 1 aromatic rings. The number of nitrogens with zero attached hydrogens (tertiary/aromatic N) is 1. The molecule has 22 heavy (non-hydrogen) atoms. The van der Waals surface area contributed by atoms with Gasteiger partial charge in [-0.15, -0.1) is 0 Å². The third-order valence-electron chi connectivity index (χ3n) is 3.59. The van der Waals surface area contributed by atoms with Gasteiger partial charge in [-0.2, -0.15) is 4.31 Å². The summed E-state index contributed by atoms with van der Waals surface area (Å²) in [5, 5.41) is 2.74. The molecule has 1 amide bonds. The van der Waals surface area contributed by atoms with Crippen LogP contribution in [0.15, 0.2) is 24.3 Å². The van der Waals surface area contributed by atoms with Gasteiger partial charge in [-0.1, -0.05) is 12.1 Å². The SMILES string of the molecule is Cc1cccc(OCCNC(=O)[C@H]2CCCN2S(C)(=O)=O)c1. The normalized spacial score (nSPS) is 19.1. The summed E-state index contributed by atoms with van der Waals surface area (Å²) in [6.07, 6.45) is 2.42. The Kier molecular flexibility index (Phi) is 5.42. The fraction of sp³-hybridized carbons (Fsp3) is 0.533. The molecule has 2 rings (SSSR count). The largest absolute Gasteiger partial charge is 0.492 e. The minimum atomic E-state index is -3.33. The van der Waals surface area contributed by atoms with E-state index in [1.165, 1.54) is 4.31 Å². The van der Waals surface area contributed by atoms with Gasteiger partial charge in [-0.05, 0) is 37.5 Å². The number of aryl methyl sites for hydroxylation is 1. The molecule has 0 aromatic heterocycles. The number of sulfonamides is 1. The summed E-state index contributed by atoms with van der Waals surface area (Å²) in [6.45, 7) is 3.09. The first kappa shape index (κ1) is 16.8. The van der Waals surface area contributed by atoms with Crippen LogP contribution in [-0.2, 0) is 14.8 Å². The number of hydrogen-bond donors (Lipinski definition) is 1. The molecule has 1 N–H and O–H groups in total. The molecule has 0 radical (unpaired) electrons. The molecule has 1 atom stereocenters. The molecule has 0 saturated carbocycles. The highest BCUT2D eigenvalue weighted by Gasteiger charge is 2.36. The van der Waals surface area contributed by atoms with E-state index >= 15 is 0 Å². The van der Waals surface area contributed by atoms with Crippen molar-refractivity contribution in [2.45, 2.75) is 25.8 Å². The number of ether oxygens (including phenoxy) is 1. The number of carbonyl (C=O) groups excluding carboxylic acids is 1. The van der Waals surface area contributed by atoms with Gasteiger partial charge in [0.05, 0.1) is 12.8 Å². The monoisotopic (exact) mass is 326 g/mol. The maximum atomic E-state index is 12.1. The second-order valence-corrected chi connectivity index (χ2v) is 7.42. The molecular weight excluding hydrogens is 304 g/mol. The van der Waals surface area contributed by atoms with E-state index in [9.17, 15) is 13.2 Å². The quantitative estimate of drug-likeness (QED) is 0.789. The fourth-order valence-corrected chi connectivity index (χ4v) is 3.69. The topological polar surface area (TPSA) is 75.7 Å². The predicted molar refractivity (Wildman–Crippen MR) is 84.3 cm³/mol. The minimum Gasteiger partial charge on any atom is -0.492 e. The number of rotatable bonds is 6. The van der Waals surface area contributed by atoms with Crippen LogP contribution in [0, 0.1) is 6.92 Å². The molecule has 1 aliphatic heterocycles. The van der Waals surface area contributed by atoms with E-state index in [1.54, 1.807) is 0 Å². The predicted octanol–water partition coefficient (Wildman–Crippen LogP) is 0.914. The molecule has 1 aromatic carbocycles. The molecule has 0 unspecified atom stereocenters. The van der Waals surface area contributed by atoms with Crippen molar-refractivity contribution in [3.63, 3.8) is 0 Å². The number of amides is 1. The van der Waals surface area contributed by atoms with Gasteiger partial charge in [0.25, 0.3) is 0 Å². The maximum Gasteiger partial charge on any atom is 0.238 e. The molecule has 1 saturated heterocycles. The van der Waals surface area contributed by atoms with Crippen molar-refractivity contribution in [3.05, 3.63) is 29.8 Å². The Morgan fingerprint density at radius 3 is 2.91 bits per heavy atom. The molecule has 1 aliphatic rings. The van der Waals surface area contributed by atoms with Gasteiger partial charge in [0.15, 0.2) is 0 Å². The Hall–Kier alpha value is -1.60. The average molecular weight is 326 g/mol. The summed E-state index contributed by atoms with van der Waals surface area (Å²) < 4.78 is 30.0. The zero-order valence-electron chi connectivity index (χ0n) is 12.9. The summed E-state index contributed by atoms with van der Waals surface area (Å²) in [4.78, 5) is 12.1. The van der Waals surface area contributed by atoms with Crippen LogP contribution in [-0.4, -0.2) is 50.6 Å². The second-order valence-electron chi connectivity index (χ2n) is 5.49. The van der Waals surface area contributed by atoms with E-state index in [-0.39, 0.29) is 5.91 Å². The second kappa shape index (κ2) is 7.11. The van der Waals surface area contributed by atoms with Crippen LogP contribution in [0.3, 0.4) is 0 Å². The first-order valence-corrected chi connectivity index (χ1v) is 9.17. The lowest BCUT2D eigenvalue weighted by atomic mass is 10.2. The van der Waals surface area contributed by atoms with Crippen molar-refractivity contribution in [3.8, 4) is 5.75 Å². The highest BCUT2D eigenvalue weighted by Crippen LogP contribution is 2.20. The highest BCUT2D eigenvalue weighted by atomic mass is 32.2. The van der Waals surface area contributed by atoms with E-state index in [0.29, 0.717) is 32.5 Å². The van der Waals surface area contributed by atoms with Gasteiger partial charge >= 0.3 is 0 Å². The third-order valence-corrected chi connectivity index (χ3v) is 4.88. The Morgan fingerprint density at radius 2 is 2.23 bits per heavy atom.